The van der Waals surface area contributed by atoms with Crippen LogP contribution in [0.3, 0.4) is 0 Å². The Morgan fingerprint density at radius 2 is 1.87 bits per heavy atom. The first-order chi connectivity index (χ1) is 6.61. The number of carbonyl (C=O) groups excluding carboxylic acids is 2. The first-order valence-electron chi connectivity index (χ1n) is 4.51. The molecule has 15 heavy (non-hydrogen) atoms. The van der Waals surface area contributed by atoms with Gasteiger partial charge in [-0.2, -0.15) is 11.8 Å². The molecule has 2 amide bonds. The molecule has 0 spiro atoms. The van der Waals surface area contributed by atoms with Crippen LogP contribution >= 0.6 is 24.2 Å². The molecule has 0 bridgehead atoms. The summed E-state index contributed by atoms with van der Waals surface area (Å²) in [7, 11) is 0. The summed E-state index contributed by atoms with van der Waals surface area (Å²) >= 11 is 1.82. The minimum Gasteiger partial charge on any atom is -0.370 e. The largest absolute Gasteiger partial charge is 0.370 e. The molecule has 0 saturated carbocycles. The van der Waals surface area contributed by atoms with Crippen LogP contribution in [0.1, 0.15) is 6.42 Å². The minimum absolute atomic E-state index is 0. The molecule has 0 aliphatic carbocycles. The van der Waals surface area contributed by atoms with Gasteiger partial charge in [0.15, 0.2) is 0 Å². The number of thioether (sulfide) groups is 1. The summed E-state index contributed by atoms with van der Waals surface area (Å²) in [5.74, 6) is 1.19. The summed E-state index contributed by atoms with van der Waals surface area (Å²) in [6.45, 7) is 1.44. The van der Waals surface area contributed by atoms with Gasteiger partial charge in [0.25, 0.3) is 0 Å². The lowest BCUT2D eigenvalue weighted by atomic mass is 10.2. The summed E-state index contributed by atoms with van der Waals surface area (Å²) in [6.07, 6.45) is -0.0670. The van der Waals surface area contributed by atoms with Gasteiger partial charge in [-0.3, -0.25) is 9.59 Å². The molecule has 5 nitrogen and oxygen atoms in total. The molecule has 0 aromatic carbocycles. The van der Waals surface area contributed by atoms with Gasteiger partial charge in [0.1, 0.15) is 0 Å². The lowest BCUT2D eigenvalue weighted by Gasteiger charge is -2.28. The van der Waals surface area contributed by atoms with E-state index >= 15 is 0 Å². The summed E-state index contributed by atoms with van der Waals surface area (Å²) in [6, 6.07) is -0.768. The van der Waals surface area contributed by atoms with Crippen LogP contribution in [-0.4, -0.2) is 47.4 Å². The monoisotopic (exact) mass is 253 g/mol. The van der Waals surface area contributed by atoms with Crippen molar-refractivity contribution in [1.29, 1.82) is 0 Å². The van der Waals surface area contributed by atoms with E-state index in [1.807, 2.05) is 11.8 Å². The fourth-order valence-corrected chi connectivity index (χ4v) is 2.23. The summed E-state index contributed by atoms with van der Waals surface area (Å²) < 4.78 is 0. The predicted molar refractivity (Wildman–Crippen MR) is 62.9 cm³/mol. The van der Waals surface area contributed by atoms with Crippen molar-refractivity contribution in [1.82, 2.24) is 4.90 Å². The van der Waals surface area contributed by atoms with Crippen molar-refractivity contribution >= 4 is 36.0 Å². The van der Waals surface area contributed by atoms with E-state index in [9.17, 15) is 9.59 Å². The Morgan fingerprint density at radius 1 is 1.33 bits per heavy atom. The number of hydrogen-bond acceptors (Lipinski definition) is 4. The second-order valence-electron chi connectivity index (χ2n) is 3.21. The molecular formula is C8H16ClN3O2S. The fraction of sp³-hybridized carbons (Fsp3) is 0.750. The summed E-state index contributed by atoms with van der Waals surface area (Å²) in [5.41, 5.74) is 10.5. The summed E-state index contributed by atoms with van der Waals surface area (Å²) in [5, 5.41) is 0. The van der Waals surface area contributed by atoms with Gasteiger partial charge in [0.2, 0.25) is 11.8 Å². The lowest BCUT2D eigenvalue weighted by Crippen LogP contribution is -2.48. The number of amides is 2. The van der Waals surface area contributed by atoms with Crippen LogP contribution in [0.4, 0.5) is 0 Å². The maximum absolute atomic E-state index is 11.6. The molecule has 1 unspecified atom stereocenters. The van der Waals surface area contributed by atoms with E-state index in [-0.39, 0.29) is 24.7 Å². The van der Waals surface area contributed by atoms with Gasteiger partial charge in [0, 0.05) is 24.6 Å². The van der Waals surface area contributed by atoms with Crippen LogP contribution < -0.4 is 11.5 Å². The zero-order valence-corrected chi connectivity index (χ0v) is 9.98. The molecule has 1 aliphatic rings. The van der Waals surface area contributed by atoms with Gasteiger partial charge in [-0.25, -0.2) is 0 Å². The van der Waals surface area contributed by atoms with E-state index in [2.05, 4.69) is 0 Å². The van der Waals surface area contributed by atoms with Gasteiger partial charge in [-0.1, -0.05) is 0 Å². The molecule has 0 aromatic rings. The maximum Gasteiger partial charge on any atom is 0.240 e. The number of hydrogen-bond donors (Lipinski definition) is 2. The molecule has 7 heteroatoms. The van der Waals surface area contributed by atoms with Crippen LogP contribution in [0.5, 0.6) is 0 Å². The zero-order chi connectivity index (χ0) is 10.6. The van der Waals surface area contributed by atoms with Crippen molar-refractivity contribution in [2.24, 2.45) is 11.5 Å². The number of rotatable bonds is 3. The van der Waals surface area contributed by atoms with E-state index in [0.29, 0.717) is 0 Å². The molecule has 1 heterocycles. The molecule has 4 N–H and O–H groups in total. The van der Waals surface area contributed by atoms with Crippen molar-refractivity contribution in [2.75, 3.05) is 24.6 Å². The second-order valence-corrected chi connectivity index (χ2v) is 4.44. The number of nitrogens with two attached hydrogens (primary N) is 2. The van der Waals surface area contributed by atoms with Gasteiger partial charge >= 0.3 is 0 Å². The number of carbonyl (C=O) groups is 2. The van der Waals surface area contributed by atoms with Crippen LogP contribution in [-0.2, 0) is 9.59 Å². The molecule has 1 saturated heterocycles. The third-order valence-electron chi connectivity index (χ3n) is 2.06. The average Bonchev–Trinajstić information content (AvgIpc) is 2.17. The zero-order valence-electron chi connectivity index (χ0n) is 8.35. The van der Waals surface area contributed by atoms with Crippen LogP contribution in [0, 0.1) is 0 Å². The van der Waals surface area contributed by atoms with Crippen molar-refractivity contribution in [3.05, 3.63) is 0 Å². The van der Waals surface area contributed by atoms with Gasteiger partial charge < -0.3 is 16.4 Å². The number of halogens is 1. The van der Waals surface area contributed by atoms with Gasteiger partial charge in [-0.15, -0.1) is 12.4 Å². The second kappa shape index (κ2) is 6.92. The Balaban J connectivity index is 0.00000196. The van der Waals surface area contributed by atoms with E-state index in [4.69, 9.17) is 11.5 Å². The summed E-state index contributed by atoms with van der Waals surface area (Å²) in [4.78, 5) is 23.9. The van der Waals surface area contributed by atoms with Gasteiger partial charge in [0.05, 0.1) is 12.5 Å². The Bertz CT molecular complexity index is 234. The highest BCUT2D eigenvalue weighted by Gasteiger charge is 2.23. The topological polar surface area (TPSA) is 89.4 Å². The molecule has 0 aromatic heterocycles. The maximum atomic E-state index is 11.6. The highest BCUT2D eigenvalue weighted by Crippen LogP contribution is 2.10. The van der Waals surface area contributed by atoms with E-state index in [1.54, 1.807) is 4.90 Å². The number of nitrogens with zero attached hydrogens (tertiary/aromatic N) is 1. The standard InChI is InChI=1S/C8H15N3O2S.ClH/c9-6(5-7(10)12)8(13)11-1-3-14-4-2-11;/h6H,1-5,9H2,(H2,10,12);1H. The molecule has 1 fully saturated rings. The number of primary amides is 1. The van der Waals surface area contributed by atoms with Gasteiger partial charge in [-0.05, 0) is 0 Å². The normalized spacial score (nSPS) is 17.8. The van der Waals surface area contributed by atoms with Crippen LogP contribution in [0.15, 0.2) is 0 Å². The smallest absolute Gasteiger partial charge is 0.240 e. The third-order valence-corrected chi connectivity index (χ3v) is 3.00. The third kappa shape index (κ3) is 4.72. The predicted octanol–water partition coefficient (Wildman–Crippen LogP) is -0.814. The fourth-order valence-electron chi connectivity index (χ4n) is 1.32. The molecule has 1 aliphatic heterocycles. The van der Waals surface area contributed by atoms with Crippen LogP contribution in [0.2, 0.25) is 0 Å². The Morgan fingerprint density at radius 3 is 2.33 bits per heavy atom. The van der Waals surface area contributed by atoms with Crippen molar-refractivity contribution in [2.45, 2.75) is 12.5 Å². The first-order valence-corrected chi connectivity index (χ1v) is 5.67. The van der Waals surface area contributed by atoms with E-state index in [1.165, 1.54) is 0 Å². The van der Waals surface area contributed by atoms with E-state index in [0.717, 1.165) is 24.6 Å². The Hall–Kier alpha value is -0.460. The molecule has 0 radical (unpaired) electrons. The molecule has 1 rings (SSSR count). The molecule has 1 atom stereocenters. The minimum atomic E-state index is -0.768. The van der Waals surface area contributed by atoms with Crippen LogP contribution in [0.25, 0.3) is 0 Å². The Labute approximate surface area is 99.3 Å². The highest BCUT2D eigenvalue weighted by atomic mass is 35.5. The first kappa shape index (κ1) is 14.5. The molecule has 88 valence electrons. The Kier molecular flexibility index (Phi) is 6.71. The average molecular weight is 254 g/mol. The highest BCUT2D eigenvalue weighted by molar-refractivity contribution is 7.99. The SMILES string of the molecule is Cl.NC(=O)CC(N)C(=O)N1CCSCC1. The quantitative estimate of drug-likeness (QED) is 0.688. The lowest BCUT2D eigenvalue weighted by molar-refractivity contribution is -0.134. The van der Waals surface area contributed by atoms with Crippen molar-refractivity contribution in [3.8, 4) is 0 Å². The molecular weight excluding hydrogens is 238 g/mol. The van der Waals surface area contributed by atoms with Crippen molar-refractivity contribution < 1.29 is 9.59 Å². The van der Waals surface area contributed by atoms with E-state index < -0.39 is 11.9 Å². The van der Waals surface area contributed by atoms with Crippen molar-refractivity contribution in [3.63, 3.8) is 0 Å².